The summed E-state index contributed by atoms with van der Waals surface area (Å²) in [7, 11) is 4.20. The second-order valence-electron chi connectivity index (χ2n) is 5.53. The molecule has 0 heterocycles. The van der Waals surface area contributed by atoms with E-state index in [1.54, 1.807) is 6.07 Å². The minimum Gasteiger partial charge on any atom is -0.314 e. The van der Waals surface area contributed by atoms with Crippen molar-refractivity contribution in [2.45, 2.75) is 31.2 Å². The van der Waals surface area contributed by atoms with Crippen LogP contribution in [0.15, 0.2) is 24.3 Å². The van der Waals surface area contributed by atoms with E-state index in [2.05, 4.69) is 24.3 Å². The fourth-order valence-corrected chi connectivity index (χ4v) is 2.52. The third-order valence-electron chi connectivity index (χ3n) is 3.67. The standard InChI is InChI=1S/C15H23FN2/c1-18(2)8-4-7-17-15-10-13(11-15)12-5-3-6-14(16)9-12/h3,5-6,9,13,15,17H,4,7-8,10-11H2,1-2H3. The summed E-state index contributed by atoms with van der Waals surface area (Å²) in [4.78, 5) is 2.21. The van der Waals surface area contributed by atoms with Crippen LogP contribution in [0.4, 0.5) is 4.39 Å². The number of nitrogens with one attached hydrogen (secondary N) is 1. The average molecular weight is 250 g/mol. The van der Waals surface area contributed by atoms with Gasteiger partial charge in [0.2, 0.25) is 0 Å². The lowest BCUT2D eigenvalue weighted by Crippen LogP contribution is -2.41. The maximum absolute atomic E-state index is 13.1. The van der Waals surface area contributed by atoms with E-state index in [-0.39, 0.29) is 5.82 Å². The fraction of sp³-hybridized carbons (Fsp3) is 0.600. The van der Waals surface area contributed by atoms with Crippen LogP contribution in [0.1, 0.15) is 30.7 Å². The van der Waals surface area contributed by atoms with Crippen LogP contribution in [0.3, 0.4) is 0 Å². The van der Waals surface area contributed by atoms with Crippen LogP contribution in [0, 0.1) is 5.82 Å². The molecule has 0 unspecified atom stereocenters. The summed E-state index contributed by atoms with van der Waals surface area (Å²) in [6.45, 7) is 2.21. The van der Waals surface area contributed by atoms with E-state index < -0.39 is 0 Å². The van der Waals surface area contributed by atoms with Crippen LogP contribution in [-0.2, 0) is 0 Å². The first-order valence-corrected chi connectivity index (χ1v) is 6.78. The van der Waals surface area contributed by atoms with E-state index in [0.29, 0.717) is 12.0 Å². The van der Waals surface area contributed by atoms with Crippen LogP contribution in [0.2, 0.25) is 0 Å². The lowest BCUT2D eigenvalue weighted by Gasteiger charge is -2.36. The van der Waals surface area contributed by atoms with E-state index in [9.17, 15) is 4.39 Å². The molecule has 18 heavy (non-hydrogen) atoms. The predicted octanol–water partition coefficient (Wildman–Crippen LogP) is 2.61. The molecule has 0 atom stereocenters. The second-order valence-corrected chi connectivity index (χ2v) is 5.53. The van der Waals surface area contributed by atoms with Gasteiger partial charge in [-0.25, -0.2) is 4.39 Å². The molecule has 0 bridgehead atoms. The minimum atomic E-state index is -0.116. The molecule has 1 aliphatic carbocycles. The van der Waals surface area contributed by atoms with Gasteiger partial charge >= 0.3 is 0 Å². The molecule has 1 saturated carbocycles. The monoisotopic (exact) mass is 250 g/mol. The highest BCUT2D eigenvalue weighted by atomic mass is 19.1. The van der Waals surface area contributed by atoms with Gasteiger partial charge in [-0.1, -0.05) is 12.1 Å². The Morgan fingerprint density at radius 1 is 1.33 bits per heavy atom. The number of nitrogens with zero attached hydrogens (tertiary/aromatic N) is 1. The van der Waals surface area contributed by atoms with Crippen LogP contribution in [0.5, 0.6) is 0 Å². The van der Waals surface area contributed by atoms with Crippen molar-refractivity contribution in [3.8, 4) is 0 Å². The van der Waals surface area contributed by atoms with E-state index in [4.69, 9.17) is 0 Å². The molecule has 2 rings (SSSR count). The first kappa shape index (κ1) is 13.5. The lowest BCUT2D eigenvalue weighted by atomic mass is 9.76. The Balaban J connectivity index is 1.65. The van der Waals surface area contributed by atoms with Crippen molar-refractivity contribution in [2.24, 2.45) is 0 Å². The molecule has 0 radical (unpaired) electrons. The van der Waals surface area contributed by atoms with Crippen molar-refractivity contribution in [2.75, 3.05) is 27.2 Å². The van der Waals surface area contributed by atoms with Crippen molar-refractivity contribution in [1.29, 1.82) is 0 Å². The summed E-state index contributed by atoms with van der Waals surface area (Å²) in [5.74, 6) is 0.432. The Bertz CT molecular complexity index is 373. The van der Waals surface area contributed by atoms with Gasteiger partial charge in [-0.2, -0.15) is 0 Å². The van der Waals surface area contributed by atoms with Crippen LogP contribution < -0.4 is 5.32 Å². The van der Waals surface area contributed by atoms with Gasteiger partial charge in [0.15, 0.2) is 0 Å². The van der Waals surface area contributed by atoms with Crippen molar-refractivity contribution < 1.29 is 4.39 Å². The molecule has 100 valence electrons. The Hall–Kier alpha value is -0.930. The SMILES string of the molecule is CN(C)CCCNC1CC(c2cccc(F)c2)C1. The number of rotatable bonds is 6. The summed E-state index contributed by atoms with van der Waals surface area (Å²) in [5.41, 5.74) is 1.15. The molecule has 1 aromatic carbocycles. The van der Waals surface area contributed by atoms with E-state index in [1.807, 2.05) is 12.1 Å². The highest BCUT2D eigenvalue weighted by molar-refractivity contribution is 5.23. The van der Waals surface area contributed by atoms with Crippen molar-refractivity contribution >= 4 is 0 Å². The Morgan fingerprint density at radius 3 is 2.78 bits per heavy atom. The van der Waals surface area contributed by atoms with E-state index >= 15 is 0 Å². The Kier molecular flexibility index (Phi) is 4.72. The molecule has 0 saturated heterocycles. The lowest BCUT2D eigenvalue weighted by molar-refractivity contribution is 0.284. The van der Waals surface area contributed by atoms with E-state index in [1.165, 1.54) is 12.5 Å². The van der Waals surface area contributed by atoms with Gasteiger partial charge in [0.05, 0.1) is 0 Å². The van der Waals surface area contributed by atoms with Crippen molar-refractivity contribution in [3.05, 3.63) is 35.6 Å². The minimum absolute atomic E-state index is 0.116. The third kappa shape index (κ3) is 3.79. The highest BCUT2D eigenvalue weighted by Gasteiger charge is 2.29. The molecule has 3 heteroatoms. The number of hydrogen-bond donors (Lipinski definition) is 1. The molecule has 0 aromatic heterocycles. The number of hydrogen-bond acceptors (Lipinski definition) is 2. The first-order valence-electron chi connectivity index (χ1n) is 6.78. The van der Waals surface area contributed by atoms with Gasteiger partial charge in [0.1, 0.15) is 5.82 Å². The molecule has 1 N–H and O–H groups in total. The van der Waals surface area contributed by atoms with E-state index in [0.717, 1.165) is 31.5 Å². The maximum atomic E-state index is 13.1. The maximum Gasteiger partial charge on any atom is 0.123 e. The van der Waals surface area contributed by atoms with Crippen LogP contribution in [-0.4, -0.2) is 38.1 Å². The quantitative estimate of drug-likeness (QED) is 0.781. The Morgan fingerprint density at radius 2 is 2.11 bits per heavy atom. The topological polar surface area (TPSA) is 15.3 Å². The average Bonchev–Trinajstić information content (AvgIpc) is 2.25. The van der Waals surface area contributed by atoms with Crippen molar-refractivity contribution in [3.63, 3.8) is 0 Å². The normalized spacial score (nSPS) is 23.1. The summed E-state index contributed by atoms with van der Waals surface area (Å²) in [6.07, 6.45) is 3.48. The number of benzene rings is 1. The highest BCUT2D eigenvalue weighted by Crippen LogP contribution is 2.36. The predicted molar refractivity (Wildman–Crippen MR) is 73.3 cm³/mol. The van der Waals surface area contributed by atoms with Gasteiger partial charge in [0.25, 0.3) is 0 Å². The smallest absolute Gasteiger partial charge is 0.123 e. The molecule has 0 amide bonds. The molecule has 0 aliphatic heterocycles. The third-order valence-corrected chi connectivity index (χ3v) is 3.67. The number of halogens is 1. The van der Waals surface area contributed by atoms with Crippen LogP contribution in [0.25, 0.3) is 0 Å². The second kappa shape index (κ2) is 6.30. The largest absolute Gasteiger partial charge is 0.314 e. The summed E-state index contributed by atoms with van der Waals surface area (Å²) >= 11 is 0. The van der Waals surface area contributed by atoms with Gasteiger partial charge in [-0.05, 0) is 70.1 Å². The van der Waals surface area contributed by atoms with Gasteiger partial charge < -0.3 is 10.2 Å². The van der Waals surface area contributed by atoms with Gasteiger partial charge in [0, 0.05) is 6.04 Å². The zero-order chi connectivity index (χ0) is 13.0. The van der Waals surface area contributed by atoms with Gasteiger partial charge in [-0.15, -0.1) is 0 Å². The summed E-state index contributed by atoms with van der Waals surface area (Å²) in [5, 5.41) is 3.57. The Labute approximate surface area is 109 Å². The molecule has 2 nitrogen and oxygen atoms in total. The molecule has 1 aliphatic rings. The fourth-order valence-electron chi connectivity index (χ4n) is 2.52. The zero-order valence-corrected chi connectivity index (χ0v) is 11.3. The molecule has 1 aromatic rings. The summed E-state index contributed by atoms with van der Waals surface area (Å²) < 4.78 is 13.1. The molecular weight excluding hydrogens is 227 g/mol. The first-order chi connectivity index (χ1) is 8.65. The molecular formula is C15H23FN2. The van der Waals surface area contributed by atoms with Crippen molar-refractivity contribution in [1.82, 2.24) is 10.2 Å². The van der Waals surface area contributed by atoms with Gasteiger partial charge in [-0.3, -0.25) is 0 Å². The molecule has 0 spiro atoms. The zero-order valence-electron chi connectivity index (χ0n) is 11.3. The molecule has 1 fully saturated rings. The van der Waals surface area contributed by atoms with Crippen LogP contribution >= 0.6 is 0 Å². The summed E-state index contributed by atoms with van der Waals surface area (Å²) in [6, 6.07) is 7.66.